The minimum absolute atomic E-state index is 0.122. The molecule has 1 saturated heterocycles. The normalized spacial score (nSPS) is 14.3. The largest absolute Gasteiger partial charge is 0.489 e. The van der Waals surface area contributed by atoms with Crippen LogP contribution in [0.3, 0.4) is 0 Å². The molecule has 1 atom stereocenters. The van der Waals surface area contributed by atoms with Crippen molar-refractivity contribution in [2.75, 3.05) is 13.1 Å². The van der Waals surface area contributed by atoms with E-state index in [1.807, 2.05) is 30.3 Å². The van der Waals surface area contributed by atoms with E-state index in [1.165, 1.54) is 12.1 Å². The van der Waals surface area contributed by atoms with Crippen LogP contribution in [-0.4, -0.2) is 29.8 Å². The fourth-order valence-corrected chi connectivity index (χ4v) is 3.75. The van der Waals surface area contributed by atoms with E-state index in [0.717, 1.165) is 17.5 Å². The predicted molar refractivity (Wildman–Crippen MR) is 120 cm³/mol. The third-order valence-electron chi connectivity index (χ3n) is 5.50. The predicted octanol–water partition coefficient (Wildman–Crippen LogP) is 4.50. The minimum Gasteiger partial charge on any atom is -0.489 e. The van der Waals surface area contributed by atoms with Crippen LogP contribution < -0.4 is 10.1 Å². The van der Waals surface area contributed by atoms with E-state index in [2.05, 4.69) is 5.32 Å². The van der Waals surface area contributed by atoms with Crippen LogP contribution in [0.15, 0.2) is 78.9 Å². The highest BCUT2D eigenvalue weighted by Gasteiger charge is 2.25. The molecule has 5 nitrogen and oxygen atoms in total. The molecule has 0 bridgehead atoms. The van der Waals surface area contributed by atoms with Gasteiger partial charge in [-0.25, -0.2) is 4.39 Å². The SMILES string of the molecule is O=C(NC(CN1CCCC1=O)c1ccccc1)c1cccc(OCc2ccc(F)cc2)c1. The molecule has 32 heavy (non-hydrogen) atoms. The van der Waals surface area contributed by atoms with Crippen LogP contribution in [0.2, 0.25) is 0 Å². The van der Waals surface area contributed by atoms with Gasteiger partial charge in [0.1, 0.15) is 18.2 Å². The lowest BCUT2D eigenvalue weighted by atomic mass is 10.1. The topological polar surface area (TPSA) is 58.6 Å². The van der Waals surface area contributed by atoms with Gasteiger partial charge in [0, 0.05) is 25.1 Å². The number of ether oxygens (including phenoxy) is 1. The first-order valence-corrected chi connectivity index (χ1v) is 10.7. The molecule has 1 fully saturated rings. The van der Waals surface area contributed by atoms with Gasteiger partial charge in [0.2, 0.25) is 5.91 Å². The van der Waals surface area contributed by atoms with Crippen molar-refractivity contribution in [1.82, 2.24) is 10.2 Å². The Labute approximate surface area is 186 Å². The Kier molecular flexibility index (Phi) is 6.80. The van der Waals surface area contributed by atoms with Gasteiger partial charge < -0.3 is 15.0 Å². The summed E-state index contributed by atoms with van der Waals surface area (Å²) in [6, 6.07) is 22.4. The van der Waals surface area contributed by atoms with Crippen LogP contribution in [0.5, 0.6) is 5.75 Å². The summed E-state index contributed by atoms with van der Waals surface area (Å²) in [4.78, 5) is 27.0. The Balaban J connectivity index is 1.45. The van der Waals surface area contributed by atoms with Crippen LogP contribution >= 0.6 is 0 Å². The van der Waals surface area contributed by atoms with Gasteiger partial charge in [-0.2, -0.15) is 0 Å². The number of nitrogens with one attached hydrogen (secondary N) is 1. The highest BCUT2D eigenvalue weighted by molar-refractivity contribution is 5.95. The molecule has 2 amide bonds. The van der Waals surface area contributed by atoms with Gasteiger partial charge in [0.05, 0.1) is 6.04 Å². The zero-order valence-electron chi connectivity index (χ0n) is 17.7. The molecule has 164 valence electrons. The third kappa shape index (κ3) is 5.52. The molecule has 1 unspecified atom stereocenters. The lowest BCUT2D eigenvalue weighted by molar-refractivity contribution is -0.128. The quantitative estimate of drug-likeness (QED) is 0.570. The number of benzene rings is 3. The molecule has 1 aliphatic rings. The van der Waals surface area contributed by atoms with Gasteiger partial charge >= 0.3 is 0 Å². The summed E-state index contributed by atoms with van der Waals surface area (Å²) in [5.74, 6) is 0.137. The van der Waals surface area contributed by atoms with E-state index >= 15 is 0 Å². The molecule has 0 spiro atoms. The van der Waals surface area contributed by atoms with Gasteiger partial charge in [0.15, 0.2) is 0 Å². The van der Waals surface area contributed by atoms with Gasteiger partial charge in [0.25, 0.3) is 5.91 Å². The van der Waals surface area contributed by atoms with E-state index in [9.17, 15) is 14.0 Å². The van der Waals surface area contributed by atoms with Crippen LogP contribution in [0.1, 0.15) is 40.4 Å². The number of carbonyl (C=O) groups excluding carboxylic acids is 2. The Morgan fingerprint density at radius 3 is 2.53 bits per heavy atom. The number of hydrogen-bond acceptors (Lipinski definition) is 3. The number of likely N-dealkylation sites (tertiary alicyclic amines) is 1. The molecular formula is C26H25FN2O3. The van der Waals surface area contributed by atoms with Crippen molar-refractivity contribution in [3.63, 3.8) is 0 Å². The average molecular weight is 432 g/mol. The number of carbonyl (C=O) groups is 2. The summed E-state index contributed by atoms with van der Waals surface area (Å²) in [5.41, 5.74) is 2.25. The fourth-order valence-electron chi connectivity index (χ4n) is 3.75. The first-order chi connectivity index (χ1) is 15.6. The molecule has 0 aromatic heterocycles. The van der Waals surface area contributed by atoms with E-state index in [1.54, 1.807) is 41.3 Å². The molecule has 4 rings (SSSR count). The first kappa shape index (κ1) is 21.6. The van der Waals surface area contributed by atoms with Gasteiger partial charge in [-0.05, 0) is 47.9 Å². The van der Waals surface area contributed by atoms with Crippen LogP contribution in [0.4, 0.5) is 4.39 Å². The summed E-state index contributed by atoms with van der Waals surface area (Å²) >= 11 is 0. The number of hydrogen-bond donors (Lipinski definition) is 1. The van der Waals surface area contributed by atoms with Gasteiger partial charge in [-0.3, -0.25) is 9.59 Å². The van der Waals surface area contributed by atoms with Crippen molar-refractivity contribution < 1.29 is 18.7 Å². The van der Waals surface area contributed by atoms with Crippen molar-refractivity contribution in [3.05, 3.63) is 101 Å². The lowest BCUT2D eigenvalue weighted by Gasteiger charge is -2.25. The molecule has 6 heteroatoms. The second-order valence-corrected chi connectivity index (χ2v) is 7.82. The van der Waals surface area contributed by atoms with Gasteiger partial charge in [-0.1, -0.05) is 48.5 Å². The van der Waals surface area contributed by atoms with Crippen LogP contribution in [0.25, 0.3) is 0 Å². The van der Waals surface area contributed by atoms with Gasteiger partial charge in [-0.15, -0.1) is 0 Å². The van der Waals surface area contributed by atoms with Crippen molar-refractivity contribution in [3.8, 4) is 5.75 Å². The van der Waals surface area contributed by atoms with Crippen molar-refractivity contribution in [2.45, 2.75) is 25.5 Å². The smallest absolute Gasteiger partial charge is 0.251 e. The molecule has 0 aliphatic carbocycles. The number of rotatable bonds is 8. The van der Waals surface area contributed by atoms with E-state index in [-0.39, 0.29) is 30.3 Å². The monoisotopic (exact) mass is 432 g/mol. The number of amides is 2. The fraction of sp³-hybridized carbons (Fsp3) is 0.231. The summed E-state index contributed by atoms with van der Waals surface area (Å²) < 4.78 is 18.8. The second-order valence-electron chi connectivity index (χ2n) is 7.82. The summed E-state index contributed by atoms with van der Waals surface area (Å²) in [7, 11) is 0. The van der Waals surface area contributed by atoms with Crippen molar-refractivity contribution in [2.24, 2.45) is 0 Å². The van der Waals surface area contributed by atoms with E-state index in [4.69, 9.17) is 4.74 Å². The average Bonchev–Trinajstić information content (AvgIpc) is 3.23. The maximum Gasteiger partial charge on any atom is 0.251 e. The van der Waals surface area contributed by atoms with E-state index in [0.29, 0.717) is 30.8 Å². The first-order valence-electron chi connectivity index (χ1n) is 10.7. The maximum absolute atomic E-state index is 13.1. The highest BCUT2D eigenvalue weighted by Crippen LogP contribution is 2.21. The minimum atomic E-state index is -0.311. The van der Waals surface area contributed by atoms with E-state index < -0.39 is 0 Å². The number of halogens is 1. The molecule has 1 heterocycles. The molecule has 0 radical (unpaired) electrons. The maximum atomic E-state index is 13.1. The molecule has 0 saturated carbocycles. The Hall–Kier alpha value is -3.67. The van der Waals surface area contributed by atoms with Crippen LogP contribution in [-0.2, 0) is 11.4 Å². The molecular weight excluding hydrogens is 407 g/mol. The molecule has 1 aliphatic heterocycles. The zero-order chi connectivity index (χ0) is 22.3. The Bertz CT molecular complexity index is 1070. The molecule has 1 N–H and O–H groups in total. The molecule has 3 aromatic rings. The second kappa shape index (κ2) is 10.1. The summed E-state index contributed by atoms with van der Waals surface area (Å²) in [6.07, 6.45) is 1.41. The number of nitrogens with zero attached hydrogens (tertiary/aromatic N) is 1. The lowest BCUT2D eigenvalue weighted by Crippen LogP contribution is -2.38. The summed E-state index contributed by atoms with van der Waals surface area (Å²) in [5, 5.41) is 3.07. The van der Waals surface area contributed by atoms with Crippen molar-refractivity contribution >= 4 is 11.8 Å². The van der Waals surface area contributed by atoms with Crippen molar-refractivity contribution in [1.29, 1.82) is 0 Å². The van der Waals surface area contributed by atoms with Crippen LogP contribution in [0, 0.1) is 5.82 Å². The highest BCUT2D eigenvalue weighted by atomic mass is 19.1. The summed E-state index contributed by atoms with van der Waals surface area (Å²) in [6.45, 7) is 1.43. The Morgan fingerprint density at radius 1 is 1.03 bits per heavy atom. The zero-order valence-corrected chi connectivity index (χ0v) is 17.7. The third-order valence-corrected chi connectivity index (χ3v) is 5.50. The Morgan fingerprint density at radius 2 is 1.81 bits per heavy atom. The molecule has 3 aromatic carbocycles. The standard InChI is InChI=1S/C26H25FN2O3/c27-22-13-11-19(12-14-22)18-32-23-9-4-8-21(16-23)26(31)28-24(20-6-2-1-3-7-20)17-29-15-5-10-25(29)30/h1-4,6-9,11-14,16,24H,5,10,15,17-18H2,(H,28,31).